The monoisotopic (exact) mass is 233 g/mol. The van der Waals surface area contributed by atoms with Crippen LogP contribution < -0.4 is 5.73 Å². The maximum Gasteiger partial charge on any atom is 0.206 e. The fraction of sp³-hybridized carbons (Fsp3) is 1.00. The van der Waals surface area contributed by atoms with Gasteiger partial charge in [0, 0.05) is 7.11 Å². The highest BCUT2D eigenvalue weighted by Gasteiger charge is 2.34. The van der Waals surface area contributed by atoms with Gasteiger partial charge >= 0.3 is 0 Å². The first-order valence-corrected chi connectivity index (χ1v) is 5.72. The molecule has 2 atom stereocenters. The van der Waals surface area contributed by atoms with Crippen molar-refractivity contribution in [1.82, 2.24) is 0 Å². The highest BCUT2D eigenvalue weighted by atomic mass is 31.2. The second kappa shape index (κ2) is 9.19. The van der Waals surface area contributed by atoms with E-state index < -0.39 is 22.3 Å². The van der Waals surface area contributed by atoms with Crippen molar-refractivity contribution in [2.45, 2.75) is 17.9 Å². The zero-order chi connectivity index (χ0) is 10.9. The molecule has 0 aliphatic heterocycles. The van der Waals surface area contributed by atoms with Gasteiger partial charge in [-0.2, -0.15) is 0 Å². The van der Waals surface area contributed by atoms with Crippen LogP contribution in [0.25, 0.3) is 0 Å². The highest BCUT2D eigenvalue weighted by molar-refractivity contribution is 7.60. The second-order valence-corrected chi connectivity index (χ2v) is 4.90. The van der Waals surface area contributed by atoms with E-state index >= 15 is 0 Å². The Bertz CT molecular complexity index is 117. The summed E-state index contributed by atoms with van der Waals surface area (Å²) in [7, 11) is -2.37. The van der Waals surface area contributed by atoms with E-state index in [9.17, 15) is 5.11 Å². The van der Waals surface area contributed by atoms with Gasteiger partial charge in [-0.3, -0.25) is 0 Å². The molecule has 0 aromatic heterocycles. The van der Waals surface area contributed by atoms with E-state index in [1.165, 1.54) is 0 Å². The van der Waals surface area contributed by atoms with E-state index in [4.69, 9.17) is 25.5 Å². The fourth-order valence-electron chi connectivity index (χ4n) is 0.549. The molecule has 13 heavy (non-hydrogen) atoms. The Balaban J connectivity index is 0. The molecule has 7 N–H and O–H groups in total. The molecule has 0 aromatic rings. The number of nitrogens with two attached hydrogens (primary N) is 1. The molecular weight excluding hydrogens is 216 g/mol. The molecule has 0 aliphatic carbocycles. The summed E-state index contributed by atoms with van der Waals surface area (Å²) in [4.78, 5) is 26.0. The minimum absolute atomic E-state index is 0.122. The molecule has 0 fully saturated rings. The molecule has 0 rings (SSSR count). The minimum atomic E-state index is -2.50. The van der Waals surface area contributed by atoms with Gasteiger partial charge in [0.15, 0.2) is 5.08 Å². The lowest BCUT2D eigenvalue weighted by atomic mass is 10.3. The smallest absolute Gasteiger partial charge is 0.206 e. The molecule has 8 heteroatoms. The Labute approximate surface area is 80.2 Å². The molecule has 0 saturated heterocycles. The Hall–Kier alpha value is 0.620. The minimum Gasteiger partial charge on any atom is -0.400 e. The third-order valence-electron chi connectivity index (χ3n) is 1.24. The van der Waals surface area contributed by atoms with Gasteiger partial charge in [-0.1, -0.05) is 0 Å². The second-order valence-electron chi connectivity index (χ2n) is 2.11. The largest absolute Gasteiger partial charge is 0.400 e. The van der Waals surface area contributed by atoms with Crippen molar-refractivity contribution in [3.8, 4) is 0 Å². The third kappa shape index (κ3) is 6.66. The molecular formula is C5H17NO5P2. The average Bonchev–Trinajstić information content (AvgIpc) is 2.17. The molecule has 2 unspecified atom stereocenters. The van der Waals surface area contributed by atoms with Crippen LogP contribution in [0.15, 0.2) is 0 Å². The van der Waals surface area contributed by atoms with Gasteiger partial charge in [0.25, 0.3) is 0 Å². The van der Waals surface area contributed by atoms with Crippen LogP contribution in [0.4, 0.5) is 0 Å². The summed E-state index contributed by atoms with van der Waals surface area (Å²) in [6, 6.07) is 0. The van der Waals surface area contributed by atoms with Gasteiger partial charge in [-0.05, 0) is 19.4 Å². The molecule has 6 nitrogen and oxygen atoms in total. The third-order valence-corrected chi connectivity index (χ3v) is 3.63. The van der Waals surface area contributed by atoms with Crippen LogP contribution in [0, 0.1) is 0 Å². The zero-order valence-corrected chi connectivity index (χ0v) is 9.28. The van der Waals surface area contributed by atoms with Crippen molar-refractivity contribution in [3.63, 3.8) is 0 Å². The van der Waals surface area contributed by atoms with E-state index in [1.54, 1.807) is 0 Å². The van der Waals surface area contributed by atoms with Crippen molar-refractivity contribution in [2.24, 2.45) is 5.73 Å². The van der Waals surface area contributed by atoms with Crippen LogP contribution in [0.2, 0.25) is 0 Å². The number of rotatable bonds is 5. The summed E-state index contributed by atoms with van der Waals surface area (Å²) in [6.07, 6.45) is 0.584. The zero-order valence-electron chi connectivity index (χ0n) is 7.38. The summed E-state index contributed by atoms with van der Waals surface area (Å²) < 4.78 is 0. The molecule has 0 radical (unpaired) electrons. The predicted molar refractivity (Wildman–Crippen MR) is 53.3 cm³/mol. The van der Waals surface area contributed by atoms with Crippen LogP contribution in [-0.4, -0.2) is 43.6 Å². The summed E-state index contributed by atoms with van der Waals surface area (Å²) in [5, 5.41) is 14.5. The molecule has 82 valence electrons. The first-order valence-electron chi connectivity index (χ1n) is 3.53. The van der Waals surface area contributed by atoms with E-state index in [1.807, 2.05) is 0 Å². The molecule has 0 saturated carbocycles. The van der Waals surface area contributed by atoms with Gasteiger partial charge in [-0.15, -0.1) is 0 Å². The standard InChI is InChI=1S/C4H13NO4P2.CH4O/c5-3-1-2-4(6,10-7)11(8)9;1-2/h6-10H,1-3,5H2;2H,1H3. The summed E-state index contributed by atoms with van der Waals surface area (Å²) in [5.74, 6) is 0. The quantitative estimate of drug-likeness (QED) is 0.333. The Morgan fingerprint density at radius 1 is 1.38 bits per heavy atom. The topological polar surface area (TPSA) is 127 Å². The summed E-state index contributed by atoms with van der Waals surface area (Å²) in [6.45, 7) is 0.357. The number of hydrogen-bond donors (Lipinski definition) is 6. The Kier molecular flexibility index (Phi) is 11.4. The SMILES string of the molecule is CO.NCCCC(O)(PO)P(O)O. The van der Waals surface area contributed by atoms with Gasteiger partial charge in [0.05, 0.1) is 8.81 Å². The van der Waals surface area contributed by atoms with Crippen molar-refractivity contribution in [3.05, 3.63) is 0 Å². The van der Waals surface area contributed by atoms with Crippen molar-refractivity contribution in [1.29, 1.82) is 0 Å². The number of hydrogen-bond acceptors (Lipinski definition) is 6. The van der Waals surface area contributed by atoms with E-state index in [-0.39, 0.29) is 6.42 Å². The van der Waals surface area contributed by atoms with E-state index in [2.05, 4.69) is 0 Å². The Morgan fingerprint density at radius 3 is 2.08 bits per heavy atom. The lowest BCUT2D eigenvalue weighted by molar-refractivity contribution is 0.173. The van der Waals surface area contributed by atoms with Crippen LogP contribution >= 0.6 is 17.2 Å². The van der Waals surface area contributed by atoms with Crippen LogP contribution in [0.1, 0.15) is 12.8 Å². The van der Waals surface area contributed by atoms with Crippen LogP contribution in [0.3, 0.4) is 0 Å². The number of aliphatic hydroxyl groups excluding tert-OH is 1. The average molecular weight is 233 g/mol. The molecule has 0 amide bonds. The van der Waals surface area contributed by atoms with E-state index in [0.717, 1.165) is 7.11 Å². The van der Waals surface area contributed by atoms with Crippen LogP contribution in [-0.2, 0) is 0 Å². The summed E-state index contributed by atoms with van der Waals surface area (Å²) in [5.41, 5.74) is 5.14. The van der Waals surface area contributed by atoms with Gasteiger partial charge in [0.1, 0.15) is 0 Å². The normalized spacial score (nSPS) is 15.7. The van der Waals surface area contributed by atoms with Gasteiger partial charge < -0.3 is 30.6 Å². The van der Waals surface area contributed by atoms with Crippen molar-refractivity contribution in [2.75, 3.05) is 13.7 Å². The van der Waals surface area contributed by atoms with E-state index in [0.29, 0.717) is 13.0 Å². The van der Waals surface area contributed by atoms with Crippen molar-refractivity contribution < 1.29 is 24.9 Å². The summed E-state index contributed by atoms with van der Waals surface area (Å²) >= 11 is 0. The lowest BCUT2D eigenvalue weighted by Crippen LogP contribution is -2.21. The molecule has 0 bridgehead atoms. The fourth-order valence-corrected chi connectivity index (χ4v) is 1.55. The van der Waals surface area contributed by atoms with Crippen LogP contribution in [0.5, 0.6) is 0 Å². The first kappa shape index (κ1) is 16.1. The molecule has 0 aromatic carbocycles. The number of aliphatic hydroxyl groups is 2. The Morgan fingerprint density at radius 2 is 1.85 bits per heavy atom. The highest BCUT2D eigenvalue weighted by Crippen LogP contribution is 2.52. The molecule has 0 spiro atoms. The van der Waals surface area contributed by atoms with Crippen molar-refractivity contribution >= 4 is 17.2 Å². The molecule has 0 aliphatic rings. The maximum atomic E-state index is 9.26. The van der Waals surface area contributed by atoms with Gasteiger partial charge in [-0.25, -0.2) is 0 Å². The first-order chi connectivity index (χ1) is 6.06. The maximum absolute atomic E-state index is 9.26. The van der Waals surface area contributed by atoms with Gasteiger partial charge in [0.2, 0.25) is 8.38 Å². The predicted octanol–water partition coefficient (Wildman–Crippen LogP) is -1.14. The lowest BCUT2D eigenvalue weighted by Gasteiger charge is -2.25. The molecule has 0 heterocycles.